The number of ether oxygens (including phenoxy) is 7. The predicted molar refractivity (Wildman–Crippen MR) is 337 cm³/mol. The summed E-state index contributed by atoms with van der Waals surface area (Å²) in [6.45, 7) is 16.8. The molecule has 21 heteroatoms. The molecule has 7 aliphatic carbocycles. The molecule has 0 unspecified atom stereocenters. The van der Waals surface area contributed by atoms with Crippen molar-refractivity contribution in [2.24, 2.45) is 11.5 Å². The summed E-state index contributed by atoms with van der Waals surface area (Å²) in [4.78, 5) is 66.7. The Labute approximate surface area is 519 Å². The van der Waals surface area contributed by atoms with Crippen molar-refractivity contribution in [1.29, 1.82) is 0 Å². The van der Waals surface area contributed by atoms with E-state index >= 15 is 0 Å². The molecule has 0 radical (unpaired) electrons. The Balaban J connectivity index is 0.000000216. The number of benzene rings is 2. The van der Waals surface area contributed by atoms with Gasteiger partial charge in [-0.3, -0.25) is 9.59 Å². The zero-order valence-corrected chi connectivity index (χ0v) is 54.8. The van der Waals surface area contributed by atoms with Gasteiger partial charge in [0.1, 0.15) is 50.9 Å². The van der Waals surface area contributed by atoms with Crippen LogP contribution in [0.1, 0.15) is 218 Å². The van der Waals surface area contributed by atoms with E-state index in [1.165, 1.54) is 32.1 Å². The first-order valence-corrected chi connectivity index (χ1v) is 31.6. The molecule has 7 aliphatic rings. The van der Waals surface area contributed by atoms with Crippen molar-refractivity contribution in [2.45, 2.75) is 280 Å². The average molecular weight is 1230 g/mol. The molecule has 0 bridgehead atoms. The number of nitrogens with two attached hydrogens (primary N) is 2. The van der Waals surface area contributed by atoms with Gasteiger partial charge >= 0.3 is 18.3 Å². The molecule has 20 nitrogen and oxygen atoms in total. The lowest BCUT2D eigenvalue weighted by Gasteiger charge is -2.43. The smallest absolute Gasteiger partial charge is 0.407 e. The Bertz CT molecular complexity index is 2450. The molecular formula is C65H107ClN8O12. The quantitative estimate of drug-likeness (QED) is 0.0907. The Hall–Kier alpha value is -5.44. The number of nitrogens with zero attached hydrogens (tertiary/aromatic N) is 2. The van der Waals surface area contributed by atoms with Crippen molar-refractivity contribution in [3.8, 4) is 23.0 Å². The second kappa shape index (κ2) is 32.7. The molecular weight excluding hydrogens is 1120 g/mol. The van der Waals surface area contributed by atoms with Crippen LogP contribution in [0.2, 0.25) is 0 Å². The van der Waals surface area contributed by atoms with E-state index in [-0.39, 0.29) is 84.7 Å². The van der Waals surface area contributed by atoms with Gasteiger partial charge in [-0.25, -0.2) is 14.4 Å². The maximum atomic E-state index is 13.8. The molecule has 2 aromatic rings. The summed E-state index contributed by atoms with van der Waals surface area (Å²) >= 11 is 0. The van der Waals surface area contributed by atoms with Crippen LogP contribution in [0.5, 0.6) is 23.0 Å². The average Bonchev–Trinajstić information content (AvgIpc) is 1.41. The number of hydrogen-bond acceptors (Lipinski definition) is 15. The van der Waals surface area contributed by atoms with E-state index in [2.05, 4.69) is 21.3 Å². The van der Waals surface area contributed by atoms with Crippen LogP contribution in [0.25, 0.3) is 0 Å². The lowest BCUT2D eigenvalue weighted by Crippen LogP contribution is -2.56. The van der Waals surface area contributed by atoms with Gasteiger partial charge in [0.25, 0.3) is 11.8 Å². The zero-order valence-electron chi connectivity index (χ0n) is 54.0. The fourth-order valence-electron chi connectivity index (χ4n) is 12.4. The minimum Gasteiger partial charge on any atom is -0.496 e. The van der Waals surface area contributed by atoms with Gasteiger partial charge in [-0.15, -0.1) is 12.4 Å². The highest BCUT2D eigenvalue weighted by Crippen LogP contribution is 2.40. The first-order valence-electron chi connectivity index (χ1n) is 31.6. The molecule has 7 saturated carbocycles. The number of amides is 5. The SMILES string of the molecule is CC(C)(C)OC(=O)N[C@H]1CCC[C@@H]1N.CC(C)(C)OC(=O)N[C@H]1CCC[C@@H]1NC1CCC1.COc1cccc(OC)c1C(=O)N(C1CCC1)[C@H]1CCC[C@H]1N.COc1cccc(OC)c1C(=O)N(C1CCC1)[C@H]1CCC[C@H]1NC(=O)OC(C)(C)C.Cl. The number of nitrogens with one attached hydrogen (secondary N) is 4. The molecule has 0 heterocycles. The normalized spacial score (nSPS) is 24.5. The monoisotopic (exact) mass is 1230 g/mol. The van der Waals surface area contributed by atoms with E-state index in [4.69, 9.17) is 44.6 Å². The maximum Gasteiger partial charge on any atom is 0.407 e. The fourth-order valence-corrected chi connectivity index (χ4v) is 12.4. The summed E-state index contributed by atoms with van der Waals surface area (Å²) in [6, 6.07) is 12.8. The maximum absolute atomic E-state index is 13.8. The molecule has 0 aromatic heterocycles. The minimum absolute atomic E-state index is 0. The van der Waals surface area contributed by atoms with Gasteiger partial charge in [0.05, 0.1) is 40.5 Å². The predicted octanol–water partition coefficient (Wildman–Crippen LogP) is 11.1. The number of methoxy groups -OCH3 is 4. The van der Waals surface area contributed by atoms with Crippen LogP contribution in [-0.2, 0) is 14.2 Å². The number of hydrogen-bond donors (Lipinski definition) is 6. The highest BCUT2D eigenvalue weighted by Gasteiger charge is 2.44. The molecule has 0 saturated heterocycles. The topological polar surface area (TPSA) is 257 Å². The number of carbonyl (C=O) groups excluding carboxylic acids is 5. The van der Waals surface area contributed by atoms with E-state index in [0.29, 0.717) is 52.3 Å². The number of halogens is 1. The summed E-state index contributed by atoms with van der Waals surface area (Å²) in [5.41, 5.74) is 11.7. The zero-order chi connectivity index (χ0) is 62.2. The van der Waals surface area contributed by atoms with Crippen molar-refractivity contribution < 1.29 is 57.1 Å². The molecule has 7 fully saturated rings. The number of carbonyl (C=O) groups is 5. The van der Waals surface area contributed by atoms with Crippen molar-refractivity contribution in [3.05, 3.63) is 47.5 Å². The van der Waals surface area contributed by atoms with E-state index < -0.39 is 22.9 Å². The van der Waals surface area contributed by atoms with Crippen molar-refractivity contribution >= 4 is 42.5 Å². The summed E-state index contributed by atoms with van der Waals surface area (Å²) in [5, 5.41) is 12.5. The third-order valence-corrected chi connectivity index (χ3v) is 17.2. The lowest BCUT2D eigenvalue weighted by atomic mass is 9.88. The fraction of sp³-hybridized carbons (Fsp3) is 0.738. The van der Waals surface area contributed by atoms with Crippen LogP contribution in [0.4, 0.5) is 14.4 Å². The highest BCUT2D eigenvalue weighted by molar-refractivity contribution is 6.01. The summed E-state index contributed by atoms with van der Waals surface area (Å²) in [7, 11) is 6.28. The van der Waals surface area contributed by atoms with Gasteiger partial charge in [-0.05, 0) is 215 Å². The van der Waals surface area contributed by atoms with E-state index in [0.717, 1.165) is 103 Å². The van der Waals surface area contributed by atoms with Gasteiger partial charge in [0.2, 0.25) is 0 Å². The van der Waals surface area contributed by atoms with Crippen molar-refractivity contribution in [2.75, 3.05) is 28.4 Å². The molecule has 5 amide bonds. The van der Waals surface area contributed by atoms with Crippen LogP contribution in [-0.4, -0.2) is 152 Å². The Morgan fingerprint density at radius 2 is 0.744 bits per heavy atom. The Morgan fingerprint density at radius 1 is 0.419 bits per heavy atom. The highest BCUT2D eigenvalue weighted by atomic mass is 35.5. The molecule has 8 N–H and O–H groups in total. The third-order valence-electron chi connectivity index (χ3n) is 17.2. The lowest BCUT2D eigenvalue weighted by molar-refractivity contribution is 0.0317. The number of rotatable bonds is 15. The van der Waals surface area contributed by atoms with Gasteiger partial charge in [-0.2, -0.15) is 0 Å². The van der Waals surface area contributed by atoms with Crippen LogP contribution >= 0.6 is 12.4 Å². The third kappa shape index (κ3) is 20.6. The van der Waals surface area contributed by atoms with Crippen LogP contribution < -0.4 is 51.7 Å². The van der Waals surface area contributed by atoms with Crippen LogP contribution in [0, 0.1) is 0 Å². The van der Waals surface area contributed by atoms with E-state index in [1.54, 1.807) is 40.6 Å². The molecule has 0 spiro atoms. The Morgan fingerprint density at radius 3 is 1.10 bits per heavy atom. The number of alkyl carbamates (subject to hydrolysis) is 3. The second-order valence-corrected chi connectivity index (χ2v) is 27.0. The first-order chi connectivity index (χ1) is 40.2. The van der Waals surface area contributed by atoms with E-state index in [1.807, 2.05) is 96.4 Å². The first kappa shape index (κ1) is 71.3. The molecule has 9 rings (SSSR count). The molecule has 86 heavy (non-hydrogen) atoms. The van der Waals surface area contributed by atoms with Gasteiger partial charge in [0.15, 0.2) is 0 Å². The molecule has 2 aromatic carbocycles. The van der Waals surface area contributed by atoms with Crippen molar-refractivity contribution in [3.63, 3.8) is 0 Å². The summed E-state index contributed by atoms with van der Waals surface area (Å²) < 4.78 is 37.7. The van der Waals surface area contributed by atoms with Crippen molar-refractivity contribution in [1.82, 2.24) is 31.1 Å². The van der Waals surface area contributed by atoms with Gasteiger partial charge in [0, 0.05) is 54.4 Å². The van der Waals surface area contributed by atoms with E-state index in [9.17, 15) is 24.0 Å². The second-order valence-electron chi connectivity index (χ2n) is 27.0. The van der Waals surface area contributed by atoms with Gasteiger partial charge < -0.3 is 75.7 Å². The largest absolute Gasteiger partial charge is 0.496 e. The molecule has 0 aliphatic heterocycles. The molecule has 486 valence electrons. The Kier molecular flexibility index (Phi) is 27.1. The van der Waals surface area contributed by atoms with Gasteiger partial charge in [-0.1, -0.05) is 18.6 Å². The minimum atomic E-state index is -0.563. The summed E-state index contributed by atoms with van der Waals surface area (Å²) in [6.07, 6.45) is 21.3. The van der Waals surface area contributed by atoms with Crippen LogP contribution in [0.3, 0.4) is 0 Å². The van der Waals surface area contributed by atoms with Crippen LogP contribution in [0.15, 0.2) is 36.4 Å². The standard InChI is InChI=1S/C23H34N2O5.C18H26N2O3.C14H26N2O2.C10H20N2O2.ClH/c1-23(2,3)30-22(27)24-16-11-7-12-17(16)25(15-9-6-10-15)21(26)20-18(28-4)13-8-14-19(20)29-5;1-22-15-10-5-11-16(23-2)17(15)18(21)20(12-6-3-7-12)14-9-4-8-13(14)19;1-14(2,3)18-13(17)16-12-9-5-8-11(12)15-10-6-4-7-10;1-10(2,3)14-9(13)12-8-6-4-5-7(8)11;/h8,13-17H,6-7,9-12H2,1-5H3,(H,24,27);5,10-14H,3-4,6-9,19H2,1-2H3;10-12,15H,4-9H2,1-3H3,(H,16,17);7-8H,4-6,11H2,1-3H3,(H,12,13);1H/t16-,17+;13-,14+;11-,12-;7-,8-;/m1100./s1. The summed E-state index contributed by atoms with van der Waals surface area (Å²) in [5.74, 6) is 2.01. The molecule has 8 atom stereocenters.